The van der Waals surface area contributed by atoms with Crippen molar-refractivity contribution in [1.29, 1.82) is 0 Å². The Morgan fingerprint density at radius 1 is 1.00 bits per heavy atom. The second kappa shape index (κ2) is 6.85. The monoisotopic (exact) mass is 349 g/mol. The Labute approximate surface area is 134 Å². The number of rotatable bonds is 5. The molecule has 1 unspecified atom stereocenters. The molecule has 2 rings (SSSR count). The Morgan fingerprint density at radius 3 is 2.29 bits per heavy atom. The molecule has 1 atom stereocenters. The van der Waals surface area contributed by atoms with Gasteiger partial charge >= 0.3 is 0 Å². The lowest BCUT2D eigenvalue weighted by atomic mass is 10.1. The van der Waals surface area contributed by atoms with Crippen LogP contribution in [0, 0.1) is 6.92 Å². The van der Waals surface area contributed by atoms with Crippen LogP contribution in [0.5, 0.6) is 11.5 Å². The maximum atomic E-state index is 5.41. The minimum atomic E-state index is 0.155. The molecule has 3 nitrogen and oxygen atoms in total. The van der Waals surface area contributed by atoms with Gasteiger partial charge in [-0.15, -0.1) is 0 Å². The summed E-state index contributed by atoms with van der Waals surface area (Å²) in [6.07, 6.45) is 0. The summed E-state index contributed by atoms with van der Waals surface area (Å²) in [4.78, 5) is 0. The fraction of sp³-hybridized carbons (Fsp3) is 0.294. The van der Waals surface area contributed by atoms with Crippen LogP contribution in [-0.4, -0.2) is 14.2 Å². The number of nitrogens with one attached hydrogen (secondary N) is 1. The zero-order valence-corrected chi connectivity index (χ0v) is 14.3. The van der Waals surface area contributed by atoms with Gasteiger partial charge in [0, 0.05) is 6.04 Å². The molecule has 112 valence electrons. The molecular weight excluding hydrogens is 330 g/mol. The van der Waals surface area contributed by atoms with Gasteiger partial charge in [0.1, 0.15) is 11.5 Å². The third-order valence-electron chi connectivity index (χ3n) is 3.40. The lowest BCUT2D eigenvalue weighted by Crippen LogP contribution is -2.08. The predicted octanol–water partition coefficient (Wildman–Crippen LogP) is 4.95. The molecule has 0 spiro atoms. The van der Waals surface area contributed by atoms with Gasteiger partial charge in [0.05, 0.1) is 24.4 Å². The van der Waals surface area contributed by atoms with Gasteiger partial charge in [0.15, 0.2) is 0 Å². The first-order valence-corrected chi connectivity index (χ1v) is 7.59. The molecule has 0 aromatic heterocycles. The van der Waals surface area contributed by atoms with Crippen LogP contribution in [-0.2, 0) is 0 Å². The molecule has 2 aromatic carbocycles. The van der Waals surface area contributed by atoms with E-state index in [9.17, 15) is 0 Å². The van der Waals surface area contributed by atoms with Crippen molar-refractivity contribution >= 4 is 21.6 Å². The maximum absolute atomic E-state index is 5.41. The first-order chi connectivity index (χ1) is 10.0. The molecule has 1 N–H and O–H groups in total. The first kappa shape index (κ1) is 15.7. The van der Waals surface area contributed by atoms with Crippen LogP contribution < -0.4 is 14.8 Å². The second-order valence-corrected chi connectivity index (χ2v) is 5.82. The van der Waals surface area contributed by atoms with E-state index in [2.05, 4.69) is 53.3 Å². The standard InChI is InChI=1S/C17H20BrNO2/c1-11-5-7-17(21-4)15(9-11)19-12(2)13-6-8-16(20-3)14(18)10-13/h5-10,12,19H,1-4H3. The number of methoxy groups -OCH3 is 2. The van der Waals surface area contributed by atoms with E-state index in [1.54, 1.807) is 14.2 Å². The van der Waals surface area contributed by atoms with Crippen LogP contribution in [0.1, 0.15) is 24.1 Å². The summed E-state index contributed by atoms with van der Waals surface area (Å²) in [7, 11) is 3.35. The van der Waals surface area contributed by atoms with Gasteiger partial charge in [0.25, 0.3) is 0 Å². The summed E-state index contributed by atoms with van der Waals surface area (Å²) in [6, 6.07) is 12.4. The minimum Gasteiger partial charge on any atom is -0.496 e. The third-order valence-corrected chi connectivity index (χ3v) is 4.02. The zero-order chi connectivity index (χ0) is 15.4. The average molecular weight is 350 g/mol. The molecule has 0 amide bonds. The highest BCUT2D eigenvalue weighted by Crippen LogP contribution is 2.32. The minimum absolute atomic E-state index is 0.155. The van der Waals surface area contributed by atoms with Crippen LogP contribution in [0.15, 0.2) is 40.9 Å². The summed E-state index contributed by atoms with van der Waals surface area (Å²) in [5.41, 5.74) is 3.37. The molecule has 0 fully saturated rings. The first-order valence-electron chi connectivity index (χ1n) is 6.79. The SMILES string of the molecule is COc1ccc(C(C)Nc2cc(C)ccc2OC)cc1Br. The zero-order valence-electron chi connectivity index (χ0n) is 12.7. The van der Waals surface area contributed by atoms with Crippen LogP contribution in [0.25, 0.3) is 0 Å². The number of halogens is 1. The lowest BCUT2D eigenvalue weighted by Gasteiger charge is -2.19. The van der Waals surface area contributed by atoms with Gasteiger partial charge in [-0.25, -0.2) is 0 Å². The molecule has 0 saturated carbocycles. The predicted molar refractivity (Wildman–Crippen MR) is 90.5 cm³/mol. The molecule has 4 heteroatoms. The molecular formula is C17H20BrNO2. The van der Waals surface area contributed by atoms with Gasteiger partial charge in [-0.3, -0.25) is 0 Å². The van der Waals surface area contributed by atoms with E-state index in [-0.39, 0.29) is 6.04 Å². The number of ether oxygens (including phenoxy) is 2. The largest absolute Gasteiger partial charge is 0.496 e. The van der Waals surface area contributed by atoms with Gasteiger partial charge < -0.3 is 14.8 Å². The second-order valence-electron chi connectivity index (χ2n) is 4.96. The van der Waals surface area contributed by atoms with E-state index in [1.807, 2.05) is 18.2 Å². The normalized spacial score (nSPS) is 11.9. The summed E-state index contributed by atoms with van der Waals surface area (Å²) in [5.74, 6) is 1.68. The third kappa shape index (κ3) is 3.70. The van der Waals surface area contributed by atoms with Crippen LogP contribution in [0.2, 0.25) is 0 Å². The van der Waals surface area contributed by atoms with Crippen molar-refractivity contribution in [2.75, 3.05) is 19.5 Å². The van der Waals surface area contributed by atoms with Gasteiger partial charge in [-0.05, 0) is 65.2 Å². The highest BCUT2D eigenvalue weighted by molar-refractivity contribution is 9.10. The molecule has 0 bridgehead atoms. The number of hydrogen-bond acceptors (Lipinski definition) is 3. The van der Waals surface area contributed by atoms with Crippen molar-refractivity contribution in [2.45, 2.75) is 19.9 Å². The van der Waals surface area contributed by atoms with Crippen molar-refractivity contribution in [3.05, 3.63) is 52.0 Å². The van der Waals surface area contributed by atoms with E-state index in [4.69, 9.17) is 9.47 Å². The Balaban J connectivity index is 2.23. The van der Waals surface area contributed by atoms with E-state index in [0.717, 1.165) is 21.7 Å². The van der Waals surface area contributed by atoms with E-state index < -0.39 is 0 Å². The molecule has 0 aliphatic rings. The fourth-order valence-electron chi connectivity index (χ4n) is 2.20. The van der Waals surface area contributed by atoms with Crippen LogP contribution >= 0.6 is 15.9 Å². The van der Waals surface area contributed by atoms with Crippen molar-refractivity contribution in [3.8, 4) is 11.5 Å². The number of aryl methyl sites for hydroxylation is 1. The molecule has 21 heavy (non-hydrogen) atoms. The van der Waals surface area contributed by atoms with E-state index >= 15 is 0 Å². The van der Waals surface area contributed by atoms with E-state index in [1.165, 1.54) is 11.1 Å². The maximum Gasteiger partial charge on any atom is 0.141 e. The highest BCUT2D eigenvalue weighted by atomic mass is 79.9. The van der Waals surface area contributed by atoms with Gasteiger partial charge in [-0.1, -0.05) is 12.1 Å². The van der Waals surface area contributed by atoms with Crippen molar-refractivity contribution in [2.24, 2.45) is 0 Å². The Bertz CT molecular complexity index is 628. The topological polar surface area (TPSA) is 30.5 Å². The summed E-state index contributed by atoms with van der Waals surface area (Å²) in [5, 5.41) is 3.50. The Kier molecular flexibility index (Phi) is 5.12. The van der Waals surface area contributed by atoms with E-state index in [0.29, 0.717) is 0 Å². The van der Waals surface area contributed by atoms with Crippen molar-refractivity contribution in [1.82, 2.24) is 0 Å². The summed E-state index contributed by atoms with van der Waals surface area (Å²) < 4.78 is 11.6. The van der Waals surface area contributed by atoms with Gasteiger partial charge in [-0.2, -0.15) is 0 Å². The van der Waals surface area contributed by atoms with Crippen LogP contribution in [0.4, 0.5) is 5.69 Å². The molecule has 0 saturated heterocycles. The number of hydrogen-bond donors (Lipinski definition) is 1. The van der Waals surface area contributed by atoms with Crippen LogP contribution in [0.3, 0.4) is 0 Å². The Morgan fingerprint density at radius 2 is 1.67 bits per heavy atom. The number of anilines is 1. The van der Waals surface area contributed by atoms with Gasteiger partial charge in [0.2, 0.25) is 0 Å². The smallest absolute Gasteiger partial charge is 0.141 e. The highest BCUT2D eigenvalue weighted by Gasteiger charge is 2.11. The molecule has 0 aliphatic carbocycles. The molecule has 0 heterocycles. The van der Waals surface area contributed by atoms with Crippen molar-refractivity contribution < 1.29 is 9.47 Å². The quantitative estimate of drug-likeness (QED) is 0.828. The molecule has 0 aliphatic heterocycles. The molecule has 2 aromatic rings. The summed E-state index contributed by atoms with van der Waals surface area (Å²) in [6.45, 7) is 4.19. The van der Waals surface area contributed by atoms with Crippen molar-refractivity contribution in [3.63, 3.8) is 0 Å². The fourth-order valence-corrected chi connectivity index (χ4v) is 2.76. The Hall–Kier alpha value is -1.68. The average Bonchev–Trinajstić information content (AvgIpc) is 2.47. The number of benzene rings is 2. The molecule has 0 radical (unpaired) electrons. The summed E-state index contributed by atoms with van der Waals surface area (Å²) >= 11 is 3.52. The lowest BCUT2D eigenvalue weighted by molar-refractivity contribution is 0.412.